The van der Waals surface area contributed by atoms with Crippen LogP contribution in [-0.4, -0.2) is 5.91 Å². The standard InChI is InChI=1S/C14H14ClN3O/c1-8-2-5-11(15)13(6-8)18-14(19)10-4-3-9(16)7-12(10)17/h2-7H,16-17H2,1H3,(H,18,19). The number of carbonyl (C=O) groups is 1. The fourth-order valence-electron chi connectivity index (χ4n) is 1.71. The number of hydrogen-bond acceptors (Lipinski definition) is 3. The number of aryl methyl sites for hydroxylation is 1. The summed E-state index contributed by atoms with van der Waals surface area (Å²) in [5, 5.41) is 3.22. The van der Waals surface area contributed by atoms with E-state index in [9.17, 15) is 4.79 Å². The van der Waals surface area contributed by atoms with E-state index in [2.05, 4.69) is 5.32 Å². The van der Waals surface area contributed by atoms with Crippen LogP contribution in [0, 0.1) is 6.92 Å². The van der Waals surface area contributed by atoms with E-state index < -0.39 is 0 Å². The summed E-state index contributed by atoms with van der Waals surface area (Å²) < 4.78 is 0. The third kappa shape index (κ3) is 2.98. The van der Waals surface area contributed by atoms with E-state index in [0.29, 0.717) is 27.6 Å². The zero-order chi connectivity index (χ0) is 14.0. The number of halogens is 1. The van der Waals surface area contributed by atoms with Gasteiger partial charge in [-0.05, 0) is 42.8 Å². The molecule has 19 heavy (non-hydrogen) atoms. The minimum absolute atomic E-state index is 0.315. The number of amides is 1. The first-order chi connectivity index (χ1) is 8.97. The maximum Gasteiger partial charge on any atom is 0.257 e. The first-order valence-electron chi connectivity index (χ1n) is 5.70. The molecule has 0 saturated heterocycles. The second kappa shape index (κ2) is 5.20. The number of nitrogens with two attached hydrogens (primary N) is 2. The Hall–Kier alpha value is -2.20. The molecule has 5 heteroatoms. The lowest BCUT2D eigenvalue weighted by atomic mass is 10.1. The second-order valence-corrected chi connectivity index (χ2v) is 4.69. The van der Waals surface area contributed by atoms with Gasteiger partial charge in [0.15, 0.2) is 0 Å². The average Bonchev–Trinajstić information content (AvgIpc) is 2.33. The van der Waals surface area contributed by atoms with Gasteiger partial charge in [0.1, 0.15) is 0 Å². The summed E-state index contributed by atoms with van der Waals surface area (Å²) in [7, 11) is 0. The maximum absolute atomic E-state index is 12.1. The molecule has 1 amide bonds. The number of carbonyl (C=O) groups excluding carboxylic acids is 1. The van der Waals surface area contributed by atoms with E-state index in [1.165, 1.54) is 0 Å². The molecule has 98 valence electrons. The Kier molecular flexibility index (Phi) is 3.62. The van der Waals surface area contributed by atoms with Crippen LogP contribution < -0.4 is 16.8 Å². The van der Waals surface area contributed by atoms with Gasteiger partial charge in [-0.25, -0.2) is 0 Å². The van der Waals surface area contributed by atoms with Crippen molar-refractivity contribution >= 4 is 34.6 Å². The van der Waals surface area contributed by atoms with Crippen molar-refractivity contribution in [2.45, 2.75) is 6.92 Å². The predicted molar refractivity (Wildman–Crippen MR) is 79.4 cm³/mol. The number of benzene rings is 2. The second-order valence-electron chi connectivity index (χ2n) is 4.28. The van der Waals surface area contributed by atoms with Crippen LogP contribution in [-0.2, 0) is 0 Å². The zero-order valence-electron chi connectivity index (χ0n) is 10.4. The molecule has 2 aromatic carbocycles. The first-order valence-corrected chi connectivity index (χ1v) is 6.07. The van der Waals surface area contributed by atoms with Crippen molar-refractivity contribution in [3.8, 4) is 0 Å². The van der Waals surface area contributed by atoms with Gasteiger partial charge < -0.3 is 16.8 Å². The number of anilines is 3. The van der Waals surface area contributed by atoms with Crippen LogP contribution >= 0.6 is 11.6 Å². The van der Waals surface area contributed by atoms with E-state index in [-0.39, 0.29) is 5.91 Å². The lowest BCUT2D eigenvalue weighted by Crippen LogP contribution is -2.14. The fraction of sp³-hybridized carbons (Fsp3) is 0.0714. The van der Waals surface area contributed by atoms with Crippen LogP contribution in [0.3, 0.4) is 0 Å². The largest absolute Gasteiger partial charge is 0.399 e. The Bertz CT molecular complexity index is 641. The third-order valence-corrected chi connectivity index (χ3v) is 3.02. The van der Waals surface area contributed by atoms with Gasteiger partial charge in [-0.15, -0.1) is 0 Å². The molecule has 0 heterocycles. The van der Waals surface area contributed by atoms with E-state index in [4.69, 9.17) is 23.1 Å². The molecule has 5 N–H and O–H groups in total. The number of rotatable bonds is 2. The van der Waals surface area contributed by atoms with Crippen LogP contribution in [0.5, 0.6) is 0 Å². The van der Waals surface area contributed by atoms with Gasteiger partial charge in [-0.2, -0.15) is 0 Å². The normalized spacial score (nSPS) is 10.2. The number of nitrogen functional groups attached to an aromatic ring is 2. The van der Waals surface area contributed by atoms with E-state index in [1.807, 2.05) is 13.0 Å². The molecule has 0 bridgehead atoms. The summed E-state index contributed by atoms with van der Waals surface area (Å²) >= 11 is 6.03. The van der Waals surface area contributed by atoms with Gasteiger partial charge in [-0.3, -0.25) is 4.79 Å². The molecule has 0 aromatic heterocycles. The Labute approximate surface area is 116 Å². The van der Waals surface area contributed by atoms with Crippen LogP contribution in [0.4, 0.5) is 17.1 Å². The summed E-state index contributed by atoms with van der Waals surface area (Å²) in [5.41, 5.74) is 14.1. The van der Waals surface area contributed by atoms with Gasteiger partial charge in [0.25, 0.3) is 5.91 Å². The summed E-state index contributed by atoms with van der Waals surface area (Å²) in [4.78, 5) is 12.1. The van der Waals surface area contributed by atoms with Crippen LogP contribution in [0.15, 0.2) is 36.4 Å². The monoisotopic (exact) mass is 275 g/mol. The van der Waals surface area contributed by atoms with Gasteiger partial charge in [0, 0.05) is 11.4 Å². The number of nitrogens with one attached hydrogen (secondary N) is 1. The average molecular weight is 276 g/mol. The Balaban J connectivity index is 2.28. The van der Waals surface area contributed by atoms with Crippen molar-refractivity contribution in [1.29, 1.82) is 0 Å². The SMILES string of the molecule is Cc1ccc(Cl)c(NC(=O)c2ccc(N)cc2N)c1. The molecule has 0 aliphatic heterocycles. The molecule has 0 radical (unpaired) electrons. The molecule has 0 unspecified atom stereocenters. The topological polar surface area (TPSA) is 81.1 Å². The lowest BCUT2D eigenvalue weighted by Gasteiger charge is -2.10. The summed E-state index contributed by atoms with van der Waals surface area (Å²) in [6, 6.07) is 10.2. The quantitative estimate of drug-likeness (QED) is 0.737. The molecular formula is C14H14ClN3O. The van der Waals surface area contributed by atoms with Crippen LogP contribution in [0.1, 0.15) is 15.9 Å². The van der Waals surface area contributed by atoms with Crippen LogP contribution in [0.2, 0.25) is 5.02 Å². The Morgan fingerprint density at radius 3 is 2.58 bits per heavy atom. The van der Waals surface area contributed by atoms with Crippen LogP contribution in [0.25, 0.3) is 0 Å². The fourth-order valence-corrected chi connectivity index (χ4v) is 1.88. The Morgan fingerprint density at radius 2 is 1.89 bits per heavy atom. The first kappa shape index (κ1) is 13.2. The van der Waals surface area contributed by atoms with Gasteiger partial charge in [-0.1, -0.05) is 17.7 Å². The predicted octanol–water partition coefficient (Wildman–Crippen LogP) is 3.07. The third-order valence-electron chi connectivity index (χ3n) is 2.69. The van der Waals surface area contributed by atoms with E-state index >= 15 is 0 Å². The molecule has 2 aromatic rings. The van der Waals surface area contributed by atoms with E-state index in [1.54, 1.807) is 30.3 Å². The smallest absolute Gasteiger partial charge is 0.257 e. The minimum atomic E-state index is -0.315. The highest BCUT2D eigenvalue weighted by Gasteiger charge is 2.11. The van der Waals surface area contributed by atoms with Crippen molar-refractivity contribution in [2.24, 2.45) is 0 Å². The van der Waals surface area contributed by atoms with Gasteiger partial charge in [0.05, 0.1) is 16.3 Å². The molecule has 0 spiro atoms. The van der Waals surface area contributed by atoms with Gasteiger partial charge >= 0.3 is 0 Å². The summed E-state index contributed by atoms with van der Waals surface area (Å²) in [6.07, 6.45) is 0. The molecule has 0 saturated carbocycles. The molecule has 0 fully saturated rings. The van der Waals surface area contributed by atoms with Gasteiger partial charge in [0.2, 0.25) is 0 Å². The molecule has 0 aliphatic rings. The molecular weight excluding hydrogens is 262 g/mol. The minimum Gasteiger partial charge on any atom is -0.399 e. The Morgan fingerprint density at radius 1 is 1.16 bits per heavy atom. The van der Waals surface area contributed by atoms with E-state index in [0.717, 1.165) is 5.56 Å². The van der Waals surface area contributed by atoms with Crippen molar-refractivity contribution < 1.29 is 4.79 Å². The molecule has 0 aliphatic carbocycles. The molecule has 2 rings (SSSR count). The highest BCUT2D eigenvalue weighted by molar-refractivity contribution is 6.34. The molecule has 0 atom stereocenters. The highest BCUT2D eigenvalue weighted by Crippen LogP contribution is 2.24. The summed E-state index contributed by atoms with van der Waals surface area (Å²) in [6.45, 7) is 1.92. The van der Waals surface area contributed by atoms with Crippen molar-refractivity contribution in [1.82, 2.24) is 0 Å². The highest BCUT2D eigenvalue weighted by atomic mass is 35.5. The maximum atomic E-state index is 12.1. The van der Waals surface area contributed by atoms with Crippen molar-refractivity contribution in [3.05, 3.63) is 52.5 Å². The lowest BCUT2D eigenvalue weighted by molar-refractivity contribution is 0.102. The number of hydrogen-bond donors (Lipinski definition) is 3. The van der Waals surface area contributed by atoms with Crippen molar-refractivity contribution in [2.75, 3.05) is 16.8 Å². The van der Waals surface area contributed by atoms with Crippen molar-refractivity contribution in [3.63, 3.8) is 0 Å². The zero-order valence-corrected chi connectivity index (χ0v) is 11.2. The molecule has 4 nitrogen and oxygen atoms in total. The summed E-state index contributed by atoms with van der Waals surface area (Å²) in [5.74, 6) is -0.315.